The van der Waals surface area contributed by atoms with Gasteiger partial charge in [0.15, 0.2) is 0 Å². The number of morpholine rings is 1. The summed E-state index contributed by atoms with van der Waals surface area (Å²) in [6, 6.07) is 0. The third-order valence-electron chi connectivity index (χ3n) is 4.29. The highest BCUT2D eigenvalue weighted by Crippen LogP contribution is 2.30. The highest BCUT2D eigenvalue weighted by molar-refractivity contribution is 5.77. The first-order valence-corrected chi connectivity index (χ1v) is 8.00. The Balaban J connectivity index is 0.000000200. The van der Waals surface area contributed by atoms with E-state index in [9.17, 15) is 9.90 Å². The van der Waals surface area contributed by atoms with Gasteiger partial charge in [-0.1, -0.05) is 26.7 Å². The average molecular weight is 285 g/mol. The van der Waals surface area contributed by atoms with Crippen molar-refractivity contribution in [1.29, 1.82) is 0 Å². The number of nitrogens with zero attached hydrogens (tertiary/aromatic N) is 1. The van der Waals surface area contributed by atoms with Gasteiger partial charge in [-0.05, 0) is 31.6 Å². The number of rotatable bonds is 3. The fourth-order valence-corrected chi connectivity index (χ4v) is 2.96. The van der Waals surface area contributed by atoms with Gasteiger partial charge in [-0.25, -0.2) is 0 Å². The summed E-state index contributed by atoms with van der Waals surface area (Å²) in [6.45, 7) is 9.96. The molecule has 118 valence electrons. The summed E-state index contributed by atoms with van der Waals surface area (Å²) in [5.74, 6) is 1.58. The van der Waals surface area contributed by atoms with Gasteiger partial charge < -0.3 is 9.84 Å². The average Bonchev–Trinajstić information content (AvgIpc) is 2.40. The molecule has 3 unspecified atom stereocenters. The van der Waals surface area contributed by atoms with Crippen molar-refractivity contribution < 1.29 is 14.6 Å². The standard InChI is InChI=1S/C9H18O.C7H13NO2/c1-3-8-5-4-7(2)6-9(8)10;1-7(9)6-8-2-4-10-5-3-8/h7-10H,3-6H2,1-2H3;2-6H2,1H3. The van der Waals surface area contributed by atoms with Crippen molar-refractivity contribution in [3.8, 4) is 0 Å². The summed E-state index contributed by atoms with van der Waals surface area (Å²) >= 11 is 0. The van der Waals surface area contributed by atoms with Gasteiger partial charge in [-0.15, -0.1) is 0 Å². The van der Waals surface area contributed by atoms with Crippen molar-refractivity contribution in [3.63, 3.8) is 0 Å². The normalized spacial score (nSPS) is 31.3. The molecule has 1 aliphatic heterocycles. The molecule has 4 nitrogen and oxygen atoms in total. The van der Waals surface area contributed by atoms with E-state index in [4.69, 9.17) is 4.74 Å². The van der Waals surface area contributed by atoms with Gasteiger partial charge in [-0.2, -0.15) is 0 Å². The predicted molar refractivity (Wildman–Crippen MR) is 80.7 cm³/mol. The molecule has 4 heteroatoms. The Labute approximate surface area is 123 Å². The number of ketones is 1. The minimum absolute atomic E-state index is 0.00579. The molecule has 2 fully saturated rings. The van der Waals surface area contributed by atoms with E-state index in [0.717, 1.165) is 45.1 Å². The van der Waals surface area contributed by atoms with Gasteiger partial charge in [0.05, 0.1) is 25.9 Å². The van der Waals surface area contributed by atoms with Gasteiger partial charge >= 0.3 is 0 Å². The maximum atomic E-state index is 10.6. The molecular formula is C16H31NO3. The minimum atomic E-state index is -0.00579. The highest BCUT2D eigenvalue weighted by atomic mass is 16.5. The molecule has 1 N–H and O–H groups in total. The fourth-order valence-electron chi connectivity index (χ4n) is 2.96. The number of aliphatic hydroxyl groups excluding tert-OH is 1. The van der Waals surface area contributed by atoms with Crippen LogP contribution in [0.25, 0.3) is 0 Å². The Morgan fingerprint density at radius 3 is 2.45 bits per heavy atom. The molecule has 0 spiro atoms. The molecule has 1 saturated carbocycles. The SMILES string of the molecule is CC(=O)CN1CCOCC1.CCC1CCC(C)CC1O. The first-order valence-electron chi connectivity index (χ1n) is 8.00. The molecule has 20 heavy (non-hydrogen) atoms. The van der Waals surface area contributed by atoms with Crippen molar-refractivity contribution in [2.45, 2.75) is 52.6 Å². The van der Waals surface area contributed by atoms with Crippen molar-refractivity contribution >= 4 is 5.78 Å². The molecule has 2 rings (SSSR count). The molecule has 3 atom stereocenters. The van der Waals surface area contributed by atoms with Crippen LogP contribution in [-0.4, -0.2) is 54.7 Å². The molecule has 1 aliphatic carbocycles. The van der Waals surface area contributed by atoms with Crippen LogP contribution in [0, 0.1) is 11.8 Å². The molecule has 0 aromatic carbocycles. The molecule has 0 amide bonds. The van der Waals surface area contributed by atoms with Crippen LogP contribution in [0.4, 0.5) is 0 Å². The van der Waals surface area contributed by atoms with Crippen LogP contribution >= 0.6 is 0 Å². The Hall–Kier alpha value is -0.450. The first-order chi connectivity index (χ1) is 9.52. The number of carbonyl (C=O) groups is 1. The second-order valence-electron chi connectivity index (χ2n) is 6.24. The summed E-state index contributed by atoms with van der Waals surface area (Å²) in [5.41, 5.74) is 0. The van der Waals surface area contributed by atoms with Gasteiger partial charge in [0.1, 0.15) is 5.78 Å². The second-order valence-corrected chi connectivity index (χ2v) is 6.24. The van der Waals surface area contributed by atoms with Crippen LogP contribution in [0.15, 0.2) is 0 Å². The number of carbonyl (C=O) groups excluding carboxylic acids is 1. The maximum Gasteiger partial charge on any atom is 0.143 e. The van der Waals surface area contributed by atoms with E-state index in [1.165, 1.54) is 12.8 Å². The van der Waals surface area contributed by atoms with Crippen LogP contribution in [-0.2, 0) is 9.53 Å². The molecule has 0 bridgehead atoms. The van der Waals surface area contributed by atoms with Crippen LogP contribution in [0.2, 0.25) is 0 Å². The molecule has 1 saturated heterocycles. The van der Waals surface area contributed by atoms with Gasteiger partial charge in [-0.3, -0.25) is 9.69 Å². The zero-order valence-corrected chi connectivity index (χ0v) is 13.3. The van der Waals surface area contributed by atoms with E-state index in [2.05, 4.69) is 18.7 Å². The zero-order chi connectivity index (χ0) is 15.0. The quantitative estimate of drug-likeness (QED) is 0.863. The number of Topliss-reactive ketones (excluding diaryl/α,β-unsaturated/α-hetero) is 1. The van der Waals surface area contributed by atoms with E-state index >= 15 is 0 Å². The van der Waals surface area contributed by atoms with E-state index in [-0.39, 0.29) is 11.9 Å². The Kier molecular flexibility index (Phi) is 8.34. The minimum Gasteiger partial charge on any atom is -0.393 e. The lowest BCUT2D eigenvalue weighted by Gasteiger charge is -2.30. The Morgan fingerprint density at radius 2 is 1.95 bits per heavy atom. The van der Waals surface area contributed by atoms with Crippen molar-refractivity contribution in [1.82, 2.24) is 4.90 Å². The van der Waals surface area contributed by atoms with Crippen LogP contribution in [0.3, 0.4) is 0 Å². The van der Waals surface area contributed by atoms with Gasteiger partial charge in [0.25, 0.3) is 0 Å². The third kappa shape index (κ3) is 6.82. The highest BCUT2D eigenvalue weighted by Gasteiger charge is 2.24. The topological polar surface area (TPSA) is 49.8 Å². The van der Waals surface area contributed by atoms with Crippen LogP contribution in [0.5, 0.6) is 0 Å². The zero-order valence-electron chi connectivity index (χ0n) is 13.3. The van der Waals surface area contributed by atoms with E-state index in [1.807, 2.05) is 0 Å². The first kappa shape index (κ1) is 17.6. The van der Waals surface area contributed by atoms with Crippen molar-refractivity contribution in [2.24, 2.45) is 11.8 Å². The summed E-state index contributed by atoms with van der Waals surface area (Å²) in [6.07, 6.45) is 4.72. The second kappa shape index (κ2) is 9.48. The lowest BCUT2D eigenvalue weighted by Crippen LogP contribution is -2.38. The number of hydrogen-bond donors (Lipinski definition) is 1. The summed E-state index contributed by atoms with van der Waals surface area (Å²) in [4.78, 5) is 12.7. The van der Waals surface area contributed by atoms with E-state index < -0.39 is 0 Å². The van der Waals surface area contributed by atoms with Crippen LogP contribution in [0.1, 0.15) is 46.5 Å². The molecule has 0 radical (unpaired) electrons. The molecule has 0 aromatic heterocycles. The van der Waals surface area contributed by atoms with Crippen LogP contribution < -0.4 is 0 Å². The molecule has 0 aromatic rings. The largest absolute Gasteiger partial charge is 0.393 e. The third-order valence-corrected chi connectivity index (χ3v) is 4.29. The van der Waals surface area contributed by atoms with E-state index in [0.29, 0.717) is 12.5 Å². The molecule has 1 heterocycles. The summed E-state index contributed by atoms with van der Waals surface area (Å²) in [7, 11) is 0. The monoisotopic (exact) mass is 285 g/mol. The Bertz CT molecular complexity index is 277. The smallest absolute Gasteiger partial charge is 0.143 e. The predicted octanol–water partition coefficient (Wildman–Crippen LogP) is 2.10. The lowest BCUT2D eigenvalue weighted by molar-refractivity contribution is -0.119. The number of hydrogen-bond acceptors (Lipinski definition) is 4. The summed E-state index contributed by atoms with van der Waals surface area (Å²) in [5, 5.41) is 9.54. The Morgan fingerprint density at radius 1 is 1.30 bits per heavy atom. The molecular weight excluding hydrogens is 254 g/mol. The fraction of sp³-hybridized carbons (Fsp3) is 0.938. The van der Waals surface area contributed by atoms with Gasteiger partial charge in [0.2, 0.25) is 0 Å². The lowest BCUT2D eigenvalue weighted by atomic mass is 9.79. The molecule has 2 aliphatic rings. The summed E-state index contributed by atoms with van der Waals surface area (Å²) < 4.78 is 5.13. The van der Waals surface area contributed by atoms with Crippen molar-refractivity contribution in [2.75, 3.05) is 32.8 Å². The van der Waals surface area contributed by atoms with Gasteiger partial charge in [0, 0.05) is 13.1 Å². The van der Waals surface area contributed by atoms with E-state index in [1.54, 1.807) is 6.92 Å². The maximum absolute atomic E-state index is 10.6. The number of ether oxygens (including phenoxy) is 1. The van der Waals surface area contributed by atoms with Crippen molar-refractivity contribution in [3.05, 3.63) is 0 Å². The number of aliphatic hydroxyl groups is 1.